The van der Waals surface area contributed by atoms with Crippen LogP contribution >= 0.6 is 22.6 Å². The Morgan fingerprint density at radius 1 is 0.575 bits per heavy atom. The van der Waals surface area contributed by atoms with Gasteiger partial charge in [-0.2, -0.15) is 0 Å². The van der Waals surface area contributed by atoms with Crippen molar-refractivity contribution >= 4 is 22.6 Å². The normalized spacial score (nSPS) is 22.6. The molecule has 0 amide bonds. The van der Waals surface area contributed by atoms with Crippen LogP contribution in [0.4, 0.5) is 0 Å². The lowest BCUT2D eigenvalue weighted by Gasteiger charge is -2.45. The third kappa shape index (κ3) is 7.90. The molecule has 0 unspecified atom stereocenters. The quantitative estimate of drug-likeness (QED) is 0.186. The second kappa shape index (κ2) is 14.7. The predicted octanol–water partition coefficient (Wildman–Crippen LogP) is 6.14. The molecule has 0 radical (unpaired) electrons. The minimum absolute atomic E-state index is 0.261. The second-order valence-electron chi connectivity index (χ2n) is 9.58. The first kappa shape index (κ1) is 28.7. The van der Waals surface area contributed by atoms with Crippen molar-refractivity contribution in [2.45, 2.75) is 50.5 Å². The van der Waals surface area contributed by atoms with Crippen molar-refractivity contribution in [2.75, 3.05) is 6.61 Å². The summed E-state index contributed by atoms with van der Waals surface area (Å²) in [5.41, 5.74) is 3.05. The first-order chi connectivity index (χ1) is 19.7. The van der Waals surface area contributed by atoms with Crippen molar-refractivity contribution < 1.29 is 28.8 Å². The number of hydrogen-bond donors (Lipinski definition) is 1. The van der Waals surface area contributed by atoms with Crippen LogP contribution in [0.3, 0.4) is 0 Å². The monoisotopic (exact) mass is 652 g/mol. The Balaban J connectivity index is 1.44. The summed E-state index contributed by atoms with van der Waals surface area (Å²) in [5.74, 6) is 0.640. The molecule has 1 N–H and O–H groups in total. The van der Waals surface area contributed by atoms with E-state index in [0.29, 0.717) is 25.6 Å². The number of hydrogen-bond acceptors (Lipinski definition) is 6. The predicted molar refractivity (Wildman–Crippen MR) is 161 cm³/mol. The Morgan fingerprint density at radius 2 is 1.02 bits per heavy atom. The van der Waals surface area contributed by atoms with Crippen LogP contribution < -0.4 is 4.74 Å². The van der Waals surface area contributed by atoms with Gasteiger partial charge in [0.15, 0.2) is 0 Å². The maximum Gasteiger partial charge on any atom is 0.229 e. The first-order valence-electron chi connectivity index (χ1n) is 13.3. The average molecular weight is 653 g/mol. The smallest absolute Gasteiger partial charge is 0.229 e. The Kier molecular flexibility index (Phi) is 10.6. The van der Waals surface area contributed by atoms with Crippen molar-refractivity contribution in [1.82, 2.24) is 0 Å². The van der Waals surface area contributed by atoms with Crippen LogP contribution in [0.1, 0.15) is 16.7 Å². The van der Waals surface area contributed by atoms with Crippen LogP contribution in [0, 0.1) is 3.57 Å². The number of benzene rings is 4. The molecule has 1 fully saturated rings. The average Bonchev–Trinajstić information content (AvgIpc) is 3.01. The Labute approximate surface area is 249 Å². The summed E-state index contributed by atoms with van der Waals surface area (Å²) >= 11 is 2.26. The summed E-state index contributed by atoms with van der Waals surface area (Å²) in [6.07, 6.45) is -3.36. The van der Waals surface area contributed by atoms with E-state index >= 15 is 0 Å². The lowest BCUT2D eigenvalue weighted by atomic mass is 9.97. The van der Waals surface area contributed by atoms with E-state index in [1.54, 1.807) is 0 Å². The molecule has 4 aromatic carbocycles. The topological polar surface area (TPSA) is 66.4 Å². The largest absolute Gasteiger partial charge is 0.462 e. The summed E-state index contributed by atoms with van der Waals surface area (Å²) in [7, 11) is 0. The number of ether oxygens (including phenoxy) is 5. The van der Waals surface area contributed by atoms with E-state index in [4.69, 9.17) is 23.7 Å². The van der Waals surface area contributed by atoms with Crippen molar-refractivity contribution in [1.29, 1.82) is 0 Å². The van der Waals surface area contributed by atoms with Crippen molar-refractivity contribution in [2.24, 2.45) is 0 Å². The molecule has 4 aromatic rings. The van der Waals surface area contributed by atoms with Crippen molar-refractivity contribution in [3.05, 3.63) is 136 Å². The lowest BCUT2D eigenvalue weighted by molar-refractivity contribution is -0.308. The van der Waals surface area contributed by atoms with E-state index < -0.39 is 30.7 Å². The fourth-order valence-electron chi connectivity index (χ4n) is 4.63. The van der Waals surface area contributed by atoms with Crippen LogP contribution in [-0.2, 0) is 38.8 Å². The van der Waals surface area contributed by atoms with Crippen LogP contribution in [0.15, 0.2) is 115 Å². The summed E-state index contributed by atoms with van der Waals surface area (Å²) < 4.78 is 33.3. The van der Waals surface area contributed by atoms with Gasteiger partial charge in [-0.1, -0.05) is 91.0 Å². The highest BCUT2D eigenvalue weighted by Gasteiger charge is 2.49. The van der Waals surface area contributed by atoms with Gasteiger partial charge in [0.1, 0.15) is 30.2 Å². The molecule has 40 heavy (non-hydrogen) atoms. The molecule has 0 aliphatic carbocycles. The minimum atomic E-state index is -0.835. The van der Waals surface area contributed by atoms with Gasteiger partial charge >= 0.3 is 0 Å². The summed E-state index contributed by atoms with van der Waals surface area (Å²) in [6.45, 7) is 0.755. The van der Waals surface area contributed by atoms with Gasteiger partial charge < -0.3 is 28.8 Å². The zero-order valence-corrected chi connectivity index (χ0v) is 24.2. The van der Waals surface area contributed by atoms with E-state index in [1.807, 2.05) is 115 Å². The lowest BCUT2D eigenvalue weighted by Crippen LogP contribution is -2.62. The molecule has 0 spiro atoms. The highest BCUT2D eigenvalue weighted by molar-refractivity contribution is 14.1. The molecule has 1 heterocycles. The first-order valence-corrected chi connectivity index (χ1v) is 14.4. The highest BCUT2D eigenvalue weighted by atomic mass is 127. The fraction of sp³-hybridized carbons (Fsp3) is 0.273. The van der Waals surface area contributed by atoms with Crippen molar-refractivity contribution in [3.63, 3.8) is 0 Å². The zero-order valence-electron chi connectivity index (χ0n) is 22.1. The molecule has 0 saturated carbocycles. The van der Waals surface area contributed by atoms with Crippen molar-refractivity contribution in [3.8, 4) is 5.75 Å². The van der Waals surface area contributed by atoms with Gasteiger partial charge in [-0.15, -0.1) is 0 Å². The standard InChI is InChI=1S/C33H33IO6/c34-27-16-18-28(19-17-27)39-33-32(38-23-26-14-8-3-9-15-26)31(37-22-25-12-6-2-7-13-25)30(29(20-35)40-33)36-21-24-10-4-1-5-11-24/h1-19,29-33,35H,20-23H2/t29-,30-,31+,32+,33+/m1/s1. The molecule has 6 nitrogen and oxygen atoms in total. The van der Waals surface area contributed by atoms with E-state index in [-0.39, 0.29) is 6.61 Å². The third-order valence-electron chi connectivity index (χ3n) is 6.69. The molecular formula is C33H33IO6. The molecule has 1 saturated heterocycles. The number of rotatable bonds is 12. The third-order valence-corrected chi connectivity index (χ3v) is 7.41. The fourth-order valence-corrected chi connectivity index (χ4v) is 4.99. The van der Waals surface area contributed by atoms with Gasteiger partial charge in [-0.3, -0.25) is 0 Å². The van der Waals surface area contributed by atoms with Gasteiger partial charge in [0.2, 0.25) is 6.29 Å². The van der Waals surface area contributed by atoms with Crippen LogP contribution in [0.5, 0.6) is 5.75 Å². The van der Waals surface area contributed by atoms with E-state index in [2.05, 4.69) is 22.6 Å². The number of aliphatic hydroxyl groups excluding tert-OH is 1. The Bertz CT molecular complexity index is 1270. The van der Waals surface area contributed by atoms with Gasteiger partial charge in [0.05, 0.1) is 26.4 Å². The maximum atomic E-state index is 10.4. The molecule has 1 aliphatic heterocycles. The van der Waals surface area contributed by atoms with Gasteiger partial charge in [0.25, 0.3) is 0 Å². The summed E-state index contributed by atoms with van der Waals surface area (Å²) in [4.78, 5) is 0. The van der Waals surface area contributed by atoms with E-state index in [1.165, 1.54) is 0 Å². The number of halogens is 1. The molecule has 1 aliphatic rings. The zero-order chi connectivity index (χ0) is 27.6. The van der Waals surface area contributed by atoms with E-state index in [0.717, 1.165) is 20.3 Å². The minimum Gasteiger partial charge on any atom is -0.462 e. The molecule has 5 atom stereocenters. The number of aliphatic hydroxyl groups is 1. The molecule has 5 rings (SSSR count). The Morgan fingerprint density at radius 3 is 1.50 bits per heavy atom. The Hall–Kier alpha value is -2.79. The molecule has 7 heteroatoms. The van der Waals surface area contributed by atoms with Gasteiger partial charge in [-0.25, -0.2) is 0 Å². The highest BCUT2D eigenvalue weighted by Crippen LogP contribution is 2.32. The molecule has 0 bridgehead atoms. The molecular weight excluding hydrogens is 619 g/mol. The molecule has 208 valence electrons. The van der Waals surface area contributed by atoms with Crippen LogP contribution in [0.25, 0.3) is 0 Å². The maximum absolute atomic E-state index is 10.4. The van der Waals surface area contributed by atoms with Crippen LogP contribution in [0.2, 0.25) is 0 Å². The second-order valence-corrected chi connectivity index (χ2v) is 10.8. The molecule has 0 aromatic heterocycles. The van der Waals surface area contributed by atoms with E-state index in [9.17, 15) is 5.11 Å². The van der Waals surface area contributed by atoms with Gasteiger partial charge in [-0.05, 0) is 63.5 Å². The SMILES string of the molecule is OC[C@H]1O[C@H](Oc2ccc(I)cc2)[C@@H](OCc2ccccc2)[C@@H](OCc2ccccc2)[C@@H]1OCc1ccccc1. The van der Waals surface area contributed by atoms with Gasteiger partial charge in [0, 0.05) is 3.57 Å². The van der Waals surface area contributed by atoms with Crippen LogP contribution in [-0.4, -0.2) is 42.4 Å². The summed E-state index contributed by atoms with van der Waals surface area (Å²) in [6, 6.07) is 37.6. The summed E-state index contributed by atoms with van der Waals surface area (Å²) in [5, 5.41) is 10.4.